The van der Waals surface area contributed by atoms with Gasteiger partial charge in [0, 0.05) is 4.47 Å². The number of nitrogens with zero attached hydrogens (tertiary/aromatic N) is 2. The number of benzene rings is 2. The largest absolute Gasteiger partial charge is 0.466 e. The first-order valence-corrected chi connectivity index (χ1v) is 10.8. The van der Waals surface area contributed by atoms with E-state index in [0.717, 1.165) is 15.6 Å². The lowest BCUT2D eigenvalue weighted by Crippen LogP contribution is -2.41. The number of amides is 1. The predicted octanol–water partition coefficient (Wildman–Crippen LogP) is 4.49. The highest BCUT2D eigenvalue weighted by Crippen LogP contribution is 2.44. The summed E-state index contributed by atoms with van der Waals surface area (Å²) in [7, 11) is 1.35. The van der Waals surface area contributed by atoms with E-state index in [0.29, 0.717) is 22.9 Å². The van der Waals surface area contributed by atoms with Crippen molar-refractivity contribution in [1.82, 2.24) is 4.90 Å². The van der Waals surface area contributed by atoms with Crippen LogP contribution in [0.15, 0.2) is 75.3 Å². The Morgan fingerprint density at radius 2 is 1.86 bits per heavy atom. The number of halogens is 1. The lowest BCUT2D eigenvalue weighted by atomic mass is 9.94. The summed E-state index contributed by atoms with van der Waals surface area (Å²) in [5, 5.41) is 0.349. The van der Waals surface area contributed by atoms with E-state index in [1.165, 1.54) is 18.9 Å². The molecular weight excluding hydrogens is 452 g/mol. The number of carbonyl (C=O) groups is 2. The molecule has 2 heterocycles. The number of amidine groups is 1. The number of carbonyl (C=O) groups excluding carboxylic acids is 2. The van der Waals surface area contributed by atoms with Gasteiger partial charge in [0.05, 0.1) is 29.7 Å². The second kappa shape index (κ2) is 8.16. The minimum atomic E-state index is -0.536. The minimum absolute atomic E-state index is 0.0422. The molecule has 0 bridgehead atoms. The van der Waals surface area contributed by atoms with Crippen LogP contribution in [-0.2, 0) is 20.7 Å². The predicted molar refractivity (Wildman–Crippen MR) is 117 cm³/mol. The van der Waals surface area contributed by atoms with E-state index >= 15 is 0 Å². The zero-order valence-electron chi connectivity index (χ0n) is 16.0. The molecule has 0 radical (unpaired) electrons. The molecule has 0 saturated carbocycles. The Labute approximate surface area is 182 Å². The summed E-state index contributed by atoms with van der Waals surface area (Å²) in [6.07, 6.45) is 0.598. The fourth-order valence-corrected chi connectivity index (χ4v) is 5.12. The normalized spacial score (nSPS) is 21.1. The summed E-state index contributed by atoms with van der Waals surface area (Å²) in [6.45, 7) is 1.79. The number of methoxy groups -OCH3 is 1. The maximum absolute atomic E-state index is 13.4. The van der Waals surface area contributed by atoms with Crippen molar-refractivity contribution in [2.24, 2.45) is 4.99 Å². The molecular formula is C22H19BrN2O3S. The second-order valence-corrected chi connectivity index (χ2v) is 8.93. The molecule has 29 heavy (non-hydrogen) atoms. The van der Waals surface area contributed by atoms with Gasteiger partial charge < -0.3 is 4.74 Å². The van der Waals surface area contributed by atoms with Crippen molar-refractivity contribution in [1.29, 1.82) is 0 Å². The van der Waals surface area contributed by atoms with Crippen LogP contribution in [0.5, 0.6) is 0 Å². The van der Waals surface area contributed by atoms with Crippen LogP contribution in [0.25, 0.3) is 0 Å². The molecule has 5 nitrogen and oxygen atoms in total. The minimum Gasteiger partial charge on any atom is -0.466 e. The number of ether oxygens (including phenoxy) is 1. The Balaban J connectivity index is 1.71. The van der Waals surface area contributed by atoms with Crippen molar-refractivity contribution in [3.8, 4) is 0 Å². The molecule has 1 amide bonds. The highest BCUT2D eigenvalue weighted by atomic mass is 79.9. The summed E-state index contributed by atoms with van der Waals surface area (Å²) < 4.78 is 6.01. The smallest absolute Gasteiger partial charge is 0.338 e. The van der Waals surface area contributed by atoms with Crippen LogP contribution >= 0.6 is 27.7 Å². The quantitative estimate of drug-likeness (QED) is 0.617. The molecule has 0 N–H and O–H groups in total. The third-order valence-electron chi connectivity index (χ3n) is 5.01. The Kier molecular flexibility index (Phi) is 5.61. The first kappa shape index (κ1) is 19.9. The van der Waals surface area contributed by atoms with Crippen LogP contribution in [0, 0.1) is 0 Å². The second-order valence-electron chi connectivity index (χ2n) is 6.84. The molecule has 0 spiro atoms. The Morgan fingerprint density at radius 3 is 2.52 bits per heavy atom. The molecule has 2 atom stereocenters. The standard InChI is InChI=1S/C22H19BrN2O3S/c1-13-18(21(27)28-2)19(15-6-4-3-5-7-15)25-20(26)17(29-22(25)24-13)12-14-8-10-16(23)11-9-14/h3-11,17,19H,12H2,1-2H3. The van der Waals surface area contributed by atoms with E-state index in [4.69, 9.17) is 4.74 Å². The van der Waals surface area contributed by atoms with Crippen LogP contribution < -0.4 is 0 Å². The molecule has 148 valence electrons. The van der Waals surface area contributed by atoms with Gasteiger partial charge in [-0.05, 0) is 36.6 Å². The van der Waals surface area contributed by atoms with Gasteiger partial charge in [0.25, 0.3) is 0 Å². The van der Waals surface area contributed by atoms with Crippen molar-refractivity contribution in [2.45, 2.75) is 24.6 Å². The van der Waals surface area contributed by atoms with Gasteiger partial charge in [0.2, 0.25) is 5.91 Å². The van der Waals surface area contributed by atoms with Crippen LogP contribution in [0.3, 0.4) is 0 Å². The molecule has 2 aromatic rings. The van der Waals surface area contributed by atoms with E-state index in [-0.39, 0.29) is 11.2 Å². The lowest BCUT2D eigenvalue weighted by molar-refractivity contribution is -0.137. The Hall–Kier alpha value is -2.38. The van der Waals surface area contributed by atoms with Crippen molar-refractivity contribution in [3.05, 3.63) is 81.5 Å². The van der Waals surface area contributed by atoms with Crippen LogP contribution in [0.2, 0.25) is 0 Å². The monoisotopic (exact) mass is 470 g/mol. The topological polar surface area (TPSA) is 59.0 Å². The number of hydrogen-bond acceptors (Lipinski definition) is 5. The van der Waals surface area contributed by atoms with E-state index in [1.807, 2.05) is 54.6 Å². The summed E-state index contributed by atoms with van der Waals surface area (Å²) in [5.74, 6) is -0.507. The number of rotatable bonds is 4. The van der Waals surface area contributed by atoms with Gasteiger partial charge >= 0.3 is 5.97 Å². The summed E-state index contributed by atoms with van der Waals surface area (Å²) in [6, 6.07) is 17.0. The van der Waals surface area contributed by atoms with Gasteiger partial charge in [-0.1, -0.05) is 70.2 Å². The van der Waals surface area contributed by atoms with Crippen molar-refractivity contribution >= 4 is 44.7 Å². The number of allylic oxidation sites excluding steroid dienone is 1. The Morgan fingerprint density at radius 1 is 1.17 bits per heavy atom. The van der Waals surface area contributed by atoms with E-state index in [9.17, 15) is 9.59 Å². The number of thioether (sulfide) groups is 1. The fraction of sp³-hybridized carbons (Fsp3) is 0.227. The van der Waals surface area contributed by atoms with Crippen molar-refractivity contribution < 1.29 is 14.3 Å². The van der Waals surface area contributed by atoms with Gasteiger partial charge in [-0.3, -0.25) is 9.69 Å². The number of esters is 1. The zero-order valence-corrected chi connectivity index (χ0v) is 18.4. The third-order valence-corrected chi connectivity index (χ3v) is 6.69. The van der Waals surface area contributed by atoms with E-state index in [1.54, 1.807) is 11.8 Å². The summed E-state index contributed by atoms with van der Waals surface area (Å²) >= 11 is 4.89. The molecule has 2 aliphatic rings. The Bertz CT molecular complexity index is 1020. The summed E-state index contributed by atoms with van der Waals surface area (Å²) in [5.41, 5.74) is 2.92. The summed E-state index contributed by atoms with van der Waals surface area (Å²) in [4.78, 5) is 32.2. The van der Waals surface area contributed by atoms with E-state index in [2.05, 4.69) is 20.9 Å². The SMILES string of the molecule is COC(=O)C1=C(C)N=C2SC(Cc3ccc(Br)cc3)C(=O)N2C1c1ccccc1. The molecule has 0 aliphatic carbocycles. The average molecular weight is 471 g/mol. The molecule has 2 unspecified atom stereocenters. The van der Waals surface area contributed by atoms with Crippen LogP contribution in [0.4, 0.5) is 0 Å². The van der Waals surface area contributed by atoms with Gasteiger partial charge in [0.1, 0.15) is 0 Å². The number of aliphatic imine (C=N–C) groups is 1. The molecule has 4 rings (SSSR count). The maximum atomic E-state index is 13.4. The lowest BCUT2D eigenvalue weighted by Gasteiger charge is -2.32. The fourth-order valence-electron chi connectivity index (χ4n) is 3.62. The number of hydrogen-bond donors (Lipinski definition) is 0. The highest BCUT2D eigenvalue weighted by Gasteiger charge is 2.47. The van der Waals surface area contributed by atoms with Crippen molar-refractivity contribution in [2.75, 3.05) is 7.11 Å². The molecule has 0 aromatic heterocycles. The van der Waals surface area contributed by atoms with Gasteiger partial charge in [-0.25, -0.2) is 9.79 Å². The molecule has 2 aliphatic heterocycles. The molecule has 2 aromatic carbocycles. The first-order chi connectivity index (χ1) is 14.0. The molecule has 1 saturated heterocycles. The zero-order chi connectivity index (χ0) is 20.5. The third kappa shape index (κ3) is 3.76. The first-order valence-electron chi connectivity index (χ1n) is 9.16. The van der Waals surface area contributed by atoms with Gasteiger partial charge in [-0.15, -0.1) is 0 Å². The van der Waals surface area contributed by atoms with Gasteiger partial charge in [0.15, 0.2) is 5.17 Å². The molecule has 1 fully saturated rings. The van der Waals surface area contributed by atoms with Crippen molar-refractivity contribution in [3.63, 3.8) is 0 Å². The van der Waals surface area contributed by atoms with Crippen LogP contribution in [0.1, 0.15) is 24.1 Å². The maximum Gasteiger partial charge on any atom is 0.338 e. The average Bonchev–Trinajstić information content (AvgIpc) is 3.03. The van der Waals surface area contributed by atoms with E-state index < -0.39 is 12.0 Å². The van der Waals surface area contributed by atoms with Crippen LogP contribution in [-0.4, -0.2) is 34.3 Å². The van der Waals surface area contributed by atoms with Gasteiger partial charge in [-0.2, -0.15) is 0 Å². The number of fused-ring (bicyclic) bond motifs is 1. The molecule has 7 heteroatoms. The highest BCUT2D eigenvalue weighted by molar-refractivity contribution is 9.10.